The van der Waals surface area contributed by atoms with E-state index in [4.69, 9.17) is 0 Å². The third kappa shape index (κ3) is 3.24. The summed E-state index contributed by atoms with van der Waals surface area (Å²) in [6.45, 7) is 3.81. The summed E-state index contributed by atoms with van der Waals surface area (Å²) in [6.07, 6.45) is 2.07. The number of carbonyl (C=O) groups excluding carboxylic acids is 2. The fourth-order valence-electron chi connectivity index (χ4n) is 2.38. The van der Waals surface area contributed by atoms with Crippen molar-refractivity contribution < 1.29 is 9.59 Å². The van der Waals surface area contributed by atoms with Crippen LogP contribution in [0.5, 0.6) is 0 Å². The van der Waals surface area contributed by atoms with Gasteiger partial charge in [0.15, 0.2) is 0 Å². The van der Waals surface area contributed by atoms with Crippen molar-refractivity contribution in [1.29, 1.82) is 0 Å². The van der Waals surface area contributed by atoms with Crippen molar-refractivity contribution in [3.05, 3.63) is 41.1 Å². The summed E-state index contributed by atoms with van der Waals surface area (Å²) in [5.74, 6) is -0.405. The summed E-state index contributed by atoms with van der Waals surface area (Å²) in [7, 11) is 0. The zero-order valence-corrected chi connectivity index (χ0v) is 12.8. The van der Waals surface area contributed by atoms with E-state index in [0.29, 0.717) is 17.3 Å². The molecule has 114 valence electrons. The van der Waals surface area contributed by atoms with Crippen molar-refractivity contribution in [2.75, 3.05) is 6.54 Å². The molecule has 22 heavy (non-hydrogen) atoms. The lowest BCUT2D eigenvalue weighted by molar-refractivity contribution is -0.120. The zero-order valence-electron chi connectivity index (χ0n) is 12.8. The first-order valence-electron chi connectivity index (χ1n) is 7.48. The van der Waals surface area contributed by atoms with Crippen LogP contribution in [0.15, 0.2) is 24.3 Å². The molecule has 0 aliphatic heterocycles. The van der Waals surface area contributed by atoms with Crippen LogP contribution in [0.25, 0.3) is 10.9 Å². The molecule has 0 radical (unpaired) electrons. The van der Waals surface area contributed by atoms with E-state index in [-0.39, 0.29) is 18.4 Å². The van der Waals surface area contributed by atoms with Crippen LogP contribution in [0.4, 0.5) is 0 Å². The highest BCUT2D eigenvalue weighted by Crippen LogP contribution is 2.19. The Morgan fingerprint density at radius 2 is 2.00 bits per heavy atom. The average Bonchev–Trinajstić information content (AvgIpc) is 3.28. The van der Waals surface area contributed by atoms with Crippen molar-refractivity contribution in [1.82, 2.24) is 15.6 Å². The van der Waals surface area contributed by atoms with Gasteiger partial charge in [-0.05, 0) is 44.9 Å². The van der Waals surface area contributed by atoms with Crippen LogP contribution in [0.1, 0.15) is 34.5 Å². The molecule has 0 unspecified atom stereocenters. The largest absolute Gasteiger partial charge is 0.352 e. The maximum absolute atomic E-state index is 12.3. The van der Waals surface area contributed by atoms with Crippen molar-refractivity contribution in [3.8, 4) is 0 Å². The third-order valence-electron chi connectivity index (χ3n) is 3.76. The minimum Gasteiger partial charge on any atom is -0.352 e. The molecule has 1 aliphatic carbocycles. The molecule has 1 fully saturated rings. The summed E-state index contributed by atoms with van der Waals surface area (Å²) in [6, 6.07) is 8.08. The molecule has 2 N–H and O–H groups in total. The van der Waals surface area contributed by atoms with Crippen LogP contribution >= 0.6 is 0 Å². The van der Waals surface area contributed by atoms with E-state index in [1.165, 1.54) is 0 Å². The predicted molar refractivity (Wildman–Crippen MR) is 84.7 cm³/mol. The second-order valence-corrected chi connectivity index (χ2v) is 5.84. The fourth-order valence-corrected chi connectivity index (χ4v) is 2.38. The van der Waals surface area contributed by atoms with Gasteiger partial charge in [0.2, 0.25) is 5.91 Å². The molecule has 0 saturated heterocycles. The van der Waals surface area contributed by atoms with Crippen LogP contribution in [0.2, 0.25) is 0 Å². The molecule has 1 aromatic carbocycles. The highest BCUT2D eigenvalue weighted by atomic mass is 16.2. The Kier molecular flexibility index (Phi) is 3.79. The van der Waals surface area contributed by atoms with E-state index in [1.807, 2.05) is 31.2 Å². The van der Waals surface area contributed by atoms with Crippen LogP contribution in [-0.2, 0) is 4.79 Å². The number of aromatic nitrogens is 1. The number of nitrogens with one attached hydrogen (secondary N) is 2. The highest BCUT2D eigenvalue weighted by Gasteiger charge is 2.23. The van der Waals surface area contributed by atoms with Crippen LogP contribution in [0.3, 0.4) is 0 Å². The van der Waals surface area contributed by atoms with Gasteiger partial charge in [-0.1, -0.05) is 11.6 Å². The first-order valence-corrected chi connectivity index (χ1v) is 7.48. The number of nitrogens with zero attached hydrogens (tertiary/aromatic N) is 1. The maximum Gasteiger partial charge on any atom is 0.253 e. The molecule has 1 saturated carbocycles. The summed E-state index contributed by atoms with van der Waals surface area (Å²) < 4.78 is 0. The normalized spacial score (nSPS) is 13.9. The van der Waals surface area contributed by atoms with Gasteiger partial charge in [-0.25, -0.2) is 0 Å². The Hall–Kier alpha value is -2.43. The Morgan fingerprint density at radius 1 is 1.23 bits per heavy atom. The molecule has 1 aromatic heterocycles. The predicted octanol–water partition coefficient (Wildman–Crippen LogP) is 1.86. The van der Waals surface area contributed by atoms with Gasteiger partial charge >= 0.3 is 0 Å². The molecule has 3 rings (SSSR count). The van der Waals surface area contributed by atoms with E-state index >= 15 is 0 Å². The van der Waals surface area contributed by atoms with Gasteiger partial charge in [0, 0.05) is 11.4 Å². The Labute approximate surface area is 129 Å². The number of amides is 2. The van der Waals surface area contributed by atoms with Crippen LogP contribution in [0, 0.1) is 13.8 Å². The molecule has 0 spiro atoms. The van der Waals surface area contributed by atoms with Gasteiger partial charge in [0.25, 0.3) is 5.91 Å². The Morgan fingerprint density at radius 3 is 2.73 bits per heavy atom. The van der Waals surface area contributed by atoms with E-state index in [1.54, 1.807) is 6.92 Å². The molecule has 5 heteroatoms. The molecule has 2 amide bonds. The lowest BCUT2D eigenvalue weighted by Crippen LogP contribution is -2.38. The van der Waals surface area contributed by atoms with Crippen molar-refractivity contribution in [3.63, 3.8) is 0 Å². The topological polar surface area (TPSA) is 71.1 Å². The molecule has 5 nitrogen and oxygen atoms in total. The van der Waals surface area contributed by atoms with Gasteiger partial charge in [-0.15, -0.1) is 0 Å². The van der Waals surface area contributed by atoms with E-state index in [2.05, 4.69) is 15.6 Å². The van der Waals surface area contributed by atoms with E-state index in [9.17, 15) is 9.59 Å². The number of carbonyl (C=O) groups is 2. The molecule has 0 atom stereocenters. The molecule has 1 aliphatic rings. The number of pyridine rings is 1. The number of rotatable bonds is 4. The number of hydrogen-bond donors (Lipinski definition) is 2. The monoisotopic (exact) mass is 297 g/mol. The van der Waals surface area contributed by atoms with Gasteiger partial charge in [-0.2, -0.15) is 0 Å². The Balaban J connectivity index is 1.74. The third-order valence-corrected chi connectivity index (χ3v) is 3.76. The molecule has 0 bridgehead atoms. The van der Waals surface area contributed by atoms with Crippen molar-refractivity contribution >= 4 is 22.7 Å². The number of hydrogen-bond acceptors (Lipinski definition) is 3. The first kappa shape index (κ1) is 14.5. The number of aryl methyl sites for hydroxylation is 2. The minimum absolute atomic E-state index is 0.000623. The smallest absolute Gasteiger partial charge is 0.253 e. The van der Waals surface area contributed by atoms with E-state index < -0.39 is 0 Å². The quantitative estimate of drug-likeness (QED) is 0.905. The lowest BCUT2D eigenvalue weighted by atomic mass is 10.1. The summed E-state index contributed by atoms with van der Waals surface area (Å²) in [5, 5.41) is 6.43. The second kappa shape index (κ2) is 5.75. The van der Waals surface area contributed by atoms with Gasteiger partial charge < -0.3 is 10.6 Å². The van der Waals surface area contributed by atoms with E-state index in [0.717, 1.165) is 29.3 Å². The Bertz CT molecular complexity index is 751. The molecular formula is C17H19N3O2. The summed E-state index contributed by atoms with van der Waals surface area (Å²) >= 11 is 0. The minimum atomic E-state index is -0.264. The van der Waals surface area contributed by atoms with Gasteiger partial charge in [0.1, 0.15) is 0 Å². The molecule has 2 aromatic rings. The zero-order chi connectivity index (χ0) is 15.7. The average molecular weight is 297 g/mol. The number of fused-ring (bicyclic) bond motifs is 1. The van der Waals surface area contributed by atoms with Crippen molar-refractivity contribution in [2.45, 2.75) is 32.7 Å². The standard InChI is InChI=1S/C17H19N3O2/c1-10-3-6-15-12(7-10)8-14(11(2)19-15)17(22)18-9-16(21)20-13-4-5-13/h3,6-8,13H,4-5,9H2,1-2H3,(H,18,22)(H,20,21). The highest BCUT2D eigenvalue weighted by molar-refractivity contribution is 6.00. The summed E-state index contributed by atoms with van der Waals surface area (Å²) in [4.78, 5) is 28.4. The van der Waals surface area contributed by atoms with Gasteiger partial charge in [0.05, 0.1) is 23.3 Å². The molecule has 1 heterocycles. The molecular weight excluding hydrogens is 278 g/mol. The maximum atomic E-state index is 12.3. The van der Waals surface area contributed by atoms with Crippen LogP contribution < -0.4 is 10.6 Å². The SMILES string of the molecule is Cc1ccc2nc(C)c(C(=O)NCC(=O)NC3CC3)cc2c1. The fraction of sp³-hybridized carbons (Fsp3) is 0.353. The van der Waals surface area contributed by atoms with Crippen LogP contribution in [-0.4, -0.2) is 29.4 Å². The van der Waals surface area contributed by atoms with Crippen molar-refractivity contribution in [2.24, 2.45) is 0 Å². The summed E-state index contributed by atoms with van der Waals surface area (Å²) in [5.41, 5.74) is 3.16. The van der Waals surface area contributed by atoms with Gasteiger partial charge in [-0.3, -0.25) is 14.6 Å². The number of benzene rings is 1. The lowest BCUT2D eigenvalue weighted by Gasteiger charge is -2.09. The first-order chi connectivity index (χ1) is 10.5. The second-order valence-electron chi connectivity index (χ2n) is 5.84.